The maximum atomic E-state index is 14.5. The van der Waals surface area contributed by atoms with Crippen LogP contribution >= 0.6 is 11.6 Å². The molecule has 1 fully saturated rings. The number of piperidine rings is 1. The number of halogens is 2. The number of hydrogen-bond donors (Lipinski definition) is 2. The zero-order valence-corrected chi connectivity index (χ0v) is 18.9. The van der Waals surface area contributed by atoms with Gasteiger partial charge in [-0.3, -0.25) is 9.67 Å². The van der Waals surface area contributed by atoms with Crippen molar-refractivity contribution >= 4 is 22.6 Å². The number of imidazole rings is 1. The summed E-state index contributed by atoms with van der Waals surface area (Å²) in [5, 5.41) is 8.46. The molecular weight excluding hydrogens is 453 g/mol. The lowest BCUT2D eigenvalue weighted by molar-refractivity contribution is 0.347. The fourth-order valence-electron chi connectivity index (χ4n) is 4.43. The first-order valence-electron chi connectivity index (χ1n) is 11.2. The zero-order valence-electron chi connectivity index (χ0n) is 18.2. The quantitative estimate of drug-likeness (QED) is 0.371. The van der Waals surface area contributed by atoms with E-state index in [4.69, 9.17) is 16.6 Å². The lowest BCUT2D eigenvalue weighted by atomic mass is 10.1. The van der Waals surface area contributed by atoms with Gasteiger partial charge in [-0.1, -0.05) is 11.6 Å². The predicted molar refractivity (Wildman–Crippen MR) is 130 cm³/mol. The van der Waals surface area contributed by atoms with Crippen molar-refractivity contribution in [2.24, 2.45) is 0 Å². The van der Waals surface area contributed by atoms with Crippen molar-refractivity contribution in [2.45, 2.75) is 18.9 Å². The predicted octanol–water partition coefficient (Wildman–Crippen LogP) is 5.27. The molecule has 1 aliphatic heterocycles. The lowest BCUT2D eigenvalue weighted by Gasteiger charge is -2.22. The molecule has 0 spiro atoms. The minimum absolute atomic E-state index is 0.346. The number of benzene rings is 1. The molecule has 1 saturated heterocycles. The summed E-state index contributed by atoms with van der Waals surface area (Å²) in [5.41, 5.74) is 5.46. The Morgan fingerprint density at radius 2 is 1.97 bits per heavy atom. The highest BCUT2D eigenvalue weighted by Crippen LogP contribution is 2.32. The van der Waals surface area contributed by atoms with Gasteiger partial charge >= 0.3 is 0 Å². The minimum Gasteiger partial charge on any atom is -0.344 e. The monoisotopic (exact) mass is 473 g/mol. The van der Waals surface area contributed by atoms with Gasteiger partial charge < -0.3 is 10.3 Å². The molecule has 1 atom stereocenters. The largest absolute Gasteiger partial charge is 0.344 e. The van der Waals surface area contributed by atoms with E-state index in [-0.39, 0.29) is 5.82 Å². The second-order valence-corrected chi connectivity index (χ2v) is 8.85. The third-order valence-electron chi connectivity index (χ3n) is 6.20. The van der Waals surface area contributed by atoms with E-state index in [9.17, 15) is 4.39 Å². The Morgan fingerprint density at radius 3 is 2.85 bits per heavy atom. The van der Waals surface area contributed by atoms with E-state index in [1.54, 1.807) is 6.07 Å². The standard InChI is InChI=1S/C25H21ClFN7/c26-17-3-4-20(27)19(9-17)24-25(31-14-30-24)22-6-5-21-23(33-22)8-15(10-29-21)16-11-32-34(13-16)18-2-1-7-28-12-18/h3-6,8-11,13-14,18,28H,1-2,7,12H2,(H,30,31). The fourth-order valence-corrected chi connectivity index (χ4v) is 4.60. The van der Waals surface area contributed by atoms with Crippen molar-refractivity contribution < 1.29 is 4.39 Å². The average molecular weight is 474 g/mol. The first-order chi connectivity index (χ1) is 16.7. The maximum absolute atomic E-state index is 14.5. The van der Waals surface area contributed by atoms with Crippen LogP contribution in [0.3, 0.4) is 0 Å². The van der Waals surface area contributed by atoms with Crippen molar-refractivity contribution in [3.8, 4) is 33.8 Å². The number of nitrogens with zero attached hydrogens (tertiary/aromatic N) is 5. The Kier molecular flexibility index (Phi) is 5.31. The Bertz CT molecular complexity index is 1490. The number of aromatic amines is 1. The molecule has 0 bridgehead atoms. The molecule has 1 aliphatic rings. The number of rotatable bonds is 4. The first-order valence-corrected chi connectivity index (χ1v) is 11.5. The van der Waals surface area contributed by atoms with Gasteiger partial charge in [-0.25, -0.2) is 14.4 Å². The summed E-state index contributed by atoms with van der Waals surface area (Å²) in [6, 6.07) is 10.5. The number of pyridine rings is 2. The summed E-state index contributed by atoms with van der Waals surface area (Å²) in [6.45, 7) is 2.00. The SMILES string of the molecule is Fc1ccc(Cl)cc1-c1[nH]cnc1-c1ccc2ncc(-c3cnn(C4CCCNC4)c3)cc2n1. The Labute approximate surface area is 200 Å². The molecule has 34 heavy (non-hydrogen) atoms. The molecule has 9 heteroatoms. The van der Waals surface area contributed by atoms with Crippen molar-refractivity contribution in [1.29, 1.82) is 0 Å². The highest BCUT2D eigenvalue weighted by Gasteiger charge is 2.18. The molecule has 0 amide bonds. The van der Waals surface area contributed by atoms with Crippen LogP contribution in [-0.2, 0) is 0 Å². The smallest absolute Gasteiger partial charge is 0.132 e. The molecule has 0 saturated carbocycles. The van der Waals surface area contributed by atoms with Gasteiger partial charge in [0.15, 0.2) is 0 Å². The first kappa shape index (κ1) is 20.9. The van der Waals surface area contributed by atoms with Crippen molar-refractivity contribution in [2.75, 3.05) is 13.1 Å². The number of H-pyrrole nitrogens is 1. The van der Waals surface area contributed by atoms with Gasteiger partial charge in [-0.2, -0.15) is 5.10 Å². The van der Waals surface area contributed by atoms with Crippen LogP contribution in [0.1, 0.15) is 18.9 Å². The van der Waals surface area contributed by atoms with Gasteiger partial charge in [0, 0.05) is 40.7 Å². The molecule has 0 aliphatic carbocycles. The number of hydrogen-bond acceptors (Lipinski definition) is 5. The van der Waals surface area contributed by atoms with Crippen molar-refractivity contribution in [3.05, 3.63) is 72.2 Å². The molecular formula is C25H21ClFN7. The highest BCUT2D eigenvalue weighted by atomic mass is 35.5. The zero-order chi connectivity index (χ0) is 23.1. The molecule has 4 aromatic heterocycles. The Hall–Kier alpha value is -3.62. The van der Waals surface area contributed by atoms with E-state index in [0.29, 0.717) is 33.7 Å². The van der Waals surface area contributed by atoms with Crippen LogP contribution in [0.5, 0.6) is 0 Å². The van der Waals surface area contributed by atoms with Crippen molar-refractivity contribution in [3.63, 3.8) is 0 Å². The summed E-state index contributed by atoms with van der Waals surface area (Å²) >= 11 is 6.10. The summed E-state index contributed by atoms with van der Waals surface area (Å²) in [4.78, 5) is 16.8. The summed E-state index contributed by atoms with van der Waals surface area (Å²) in [7, 11) is 0. The van der Waals surface area contributed by atoms with E-state index in [0.717, 1.165) is 48.1 Å². The maximum Gasteiger partial charge on any atom is 0.132 e. The molecule has 2 N–H and O–H groups in total. The summed E-state index contributed by atoms with van der Waals surface area (Å²) < 4.78 is 16.5. The van der Waals surface area contributed by atoms with Crippen LogP contribution in [-0.4, -0.2) is 42.8 Å². The molecule has 170 valence electrons. The van der Waals surface area contributed by atoms with E-state index in [2.05, 4.69) is 31.6 Å². The second-order valence-electron chi connectivity index (χ2n) is 8.42. The highest BCUT2D eigenvalue weighted by molar-refractivity contribution is 6.30. The van der Waals surface area contributed by atoms with Crippen LogP contribution in [0, 0.1) is 5.82 Å². The minimum atomic E-state index is -0.384. The Balaban J connectivity index is 1.37. The third-order valence-corrected chi connectivity index (χ3v) is 6.43. The molecule has 1 unspecified atom stereocenters. The van der Waals surface area contributed by atoms with Crippen LogP contribution in [0.4, 0.5) is 4.39 Å². The Morgan fingerprint density at radius 1 is 1.03 bits per heavy atom. The van der Waals surface area contributed by atoms with Gasteiger partial charge in [0.25, 0.3) is 0 Å². The molecule has 7 nitrogen and oxygen atoms in total. The normalized spacial score (nSPS) is 16.2. The molecule has 0 radical (unpaired) electrons. The van der Waals surface area contributed by atoms with Crippen LogP contribution < -0.4 is 5.32 Å². The van der Waals surface area contributed by atoms with Gasteiger partial charge in [-0.05, 0) is 55.8 Å². The second kappa shape index (κ2) is 8.62. The third kappa shape index (κ3) is 3.85. The topological polar surface area (TPSA) is 84.3 Å². The van der Waals surface area contributed by atoms with E-state index < -0.39 is 0 Å². The molecule has 1 aromatic carbocycles. The number of fused-ring (bicyclic) bond motifs is 1. The summed E-state index contributed by atoms with van der Waals surface area (Å²) in [6.07, 6.45) is 9.57. The average Bonchev–Trinajstić information content (AvgIpc) is 3.56. The van der Waals surface area contributed by atoms with Crippen LogP contribution in [0.2, 0.25) is 5.02 Å². The fraction of sp³-hybridized carbons (Fsp3) is 0.200. The summed E-state index contributed by atoms with van der Waals surface area (Å²) in [5.74, 6) is -0.384. The van der Waals surface area contributed by atoms with Crippen LogP contribution in [0.15, 0.2) is 61.3 Å². The van der Waals surface area contributed by atoms with Gasteiger partial charge in [0.05, 0.1) is 41.0 Å². The number of aromatic nitrogens is 6. The van der Waals surface area contributed by atoms with E-state index >= 15 is 0 Å². The van der Waals surface area contributed by atoms with Crippen LogP contribution in [0.25, 0.3) is 44.8 Å². The van der Waals surface area contributed by atoms with E-state index in [1.165, 1.54) is 18.5 Å². The lowest BCUT2D eigenvalue weighted by Crippen LogP contribution is -2.31. The molecule has 5 heterocycles. The van der Waals surface area contributed by atoms with Gasteiger partial charge in [0.2, 0.25) is 0 Å². The van der Waals surface area contributed by atoms with E-state index in [1.807, 2.05) is 35.3 Å². The van der Waals surface area contributed by atoms with Gasteiger partial charge in [0.1, 0.15) is 11.5 Å². The molecule has 5 aromatic rings. The van der Waals surface area contributed by atoms with Crippen molar-refractivity contribution in [1.82, 2.24) is 35.0 Å². The number of nitrogens with one attached hydrogen (secondary N) is 2. The van der Waals surface area contributed by atoms with Gasteiger partial charge in [-0.15, -0.1) is 0 Å². The molecule has 6 rings (SSSR count).